The summed E-state index contributed by atoms with van der Waals surface area (Å²) in [4.78, 5) is 12.5. The number of amides is 1. The Bertz CT molecular complexity index is 1050. The summed E-state index contributed by atoms with van der Waals surface area (Å²) in [6.07, 6.45) is 1.15. The van der Waals surface area contributed by atoms with Gasteiger partial charge in [0.2, 0.25) is 0 Å². The Morgan fingerprint density at radius 2 is 1.83 bits per heavy atom. The van der Waals surface area contributed by atoms with Crippen LogP contribution >= 0.6 is 34.8 Å². The van der Waals surface area contributed by atoms with E-state index in [1.54, 1.807) is 42.5 Å². The molecule has 0 heterocycles. The molecule has 4 nitrogen and oxygen atoms in total. The maximum absolute atomic E-state index is 13.8. The largest absolute Gasteiger partial charge is 0.488 e. The number of hydrogen-bond donors (Lipinski definition) is 1. The molecule has 0 aliphatic heterocycles. The topological polar surface area (TPSA) is 50.7 Å². The number of halogens is 4. The van der Waals surface area contributed by atoms with Gasteiger partial charge in [0.15, 0.2) is 0 Å². The van der Waals surface area contributed by atoms with Crippen LogP contribution in [0.4, 0.5) is 4.39 Å². The fourth-order valence-corrected chi connectivity index (χ4v) is 3.10. The summed E-state index contributed by atoms with van der Waals surface area (Å²) in [5, 5.41) is 4.95. The lowest BCUT2D eigenvalue weighted by molar-refractivity contribution is 0.0950. The lowest BCUT2D eigenvalue weighted by Gasteiger charge is -2.11. The molecule has 29 heavy (non-hydrogen) atoms. The van der Waals surface area contributed by atoms with Crippen molar-refractivity contribution in [1.29, 1.82) is 0 Å². The van der Waals surface area contributed by atoms with Gasteiger partial charge < -0.3 is 4.74 Å². The van der Waals surface area contributed by atoms with Crippen molar-refractivity contribution in [2.24, 2.45) is 5.10 Å². The molecule has 0 atom stereocenters. The number of hydrogen-bond acceptors (Lipinski definition) is 3. The van der Waals surface area contributed by atoms with E-state index in [4.69, 9.17) is 39.5 Å². The second-order valence-corrected chi connectivity index (χ2v) is 7.11. The van der Waals surface area contributed by atoms with Gasteiger partial charge in [-0.3, -0.25) is 4.79 Å². The Balaban J connectivity index is 1.71. The Morgan fingerprint density at radius 1 is 1.03 bits per heavy atom. The van der Waals surface area contributed by atoms with Gasteiger partial charge in [0, 0.05) is 21.2 Å². The summed E-state index contributed by atoms with van der Waals surface area (Å²) in [7, 11) is 0. The first-order valence-electron chi connectivity index (χ1n) is 8.39. The van der Waals surface area contributed by atoms with E-state index in [0.717, 1.165) is 11.8 Å². The van der Waals surface area contributed by atoms with E-state index >= 15 is 0 Å². The van der Waals surface area contributed by atoms with E-state index in [2.05, 4.69) is 10.5 Å². The number of ether oxygens (including phenoxy) is 1. The molecule has 1 N–H and O–H groups in total. The number of carbonyl (C=O) groups is 1. The third kappa shape index (κ3) is 5.48. The molecular formula is C21H14Cl3FN2O2. The van der Waals surface area contributed by atoms with Crippen LogP contribution < -0.4 is 10.2 Å². The maximum atomic E-state index is 13.8. The molecule has 3 aromatic carbocycles. The summed E-state index contributed by atoms with van der Waals surface area (Å²) < 4.78 is 19.5. The van der Waals surface area contributed by atoms with E-state index in [9.17, 15) is 9.18 Å². The van der Waals surface area contributed by atoms with Gasteiger partial charge in [-0.2, -0.15) is 5.10 Å². The van der Waals surface area contributed by atoms with Crippen molar-refractivity contribution in [2.45, 2.75) is 6.61 Å². The monoisotopic (exact) mass is 450 g/mol. The van der Waals surface area contributed by atoms with Crippen LogP contribution in [-0.2, 0) is 6.61 Å². The average Bonchev–Trinajstić information content (AvgIpc) is 2.69. The molecule has 0 spiro atoms. The number of nitrogens with one attached hydrogen (secondary N) is 1. The van der Waals surface area contributed by atoms with Gasteiger partial charge >= 0.3 is 0 Å². The molecule has 0 aromatic heterocycles. The number of carbonyl (C=O) groups excluding carboxylic acids is 1. The third-order valence-electron chi connectivity index (χ3n) is 3.89. The first-order chi connectivity index (χ1) is 14.0. The second kappa shape index (κ2) is 9.74. The highest BCUT2D eigenvalue weighted by atomic mass is 35.5. The van der Waals surface area contributed by atoms with Gasteiger partial charge in [-0.05, 0) is 36.4 Å². The summed E-state index contributed by atoms with van der Waals surface area (Å²) >= 11 is 18.0. The van der Waals surface area contributed by atoms with Crippen LogP contribution in [0, 0.1) is 5.82 Å². The zero-order valence-electron chi connectivity index (χ0n) is 14.8. The lowest BCUT2D eigenvalue weighted by Crippen LogP contribution is -2.19. The van der Waals surface area contributed by atoms with E-state index in [1.165, 1.54) is 18.2 Å². The SMILES string of the molecule is O=C(N/N=C\c1c(F)cccc1Cl)c1ccccc1OCc1ccc(Cl)cc1Cl. The van der Waals surface area contributed by atoms with Crippen LogP contribution in [0.1, 0.15) is 21.5 Å². The Morgan fingerprint density at radius 3 is 2.59 bits per heavy atom. The predicted molar refractivity (Wildman–Crippen MR) is 114 cm³/mol. The molecule has 0 aliphatic rings. The maximum Gasteiger partial charge on any atom is 0.275 e. The minimum atomic E-state index is -0.543. The number of benzene rings is 3. The quantitative estimate of drug-likeness (QED) is 0.362. The van der Waals surface area contributed by atoms with Crippen molar-refractivity contribution >= 4 is 46.9 Å². The van der Waals surface area contributed by atoms with E-state index in [1.807, 2.05) is 0 Å². The molecule has 0 fully saturated rings. The molecule has 0 radical (unpaired) electrons. The molecule has 1 amide bonds. The van der Waals surface area contributed by atoms with E-state index in [0.29, 0.717) is 15.8 Å². The first-order valence-corrected chi connectivity index (χ1v) is 9.52. The molecule has 3 aromatic rings. The highest BCUT2D eigenvalue weighted by molar-refractivity contribution is 6.35. The summed E-state index contributed by atoms with van der Waals surface area (Å²) in [5.41, 5.74) is 3.40. The van der Waals surface area contributed by atoms with Crippen LogP contribution in [0.25, 0.3) is 0 Å². The molecule has 0 unspecified atom stereocenters. The molecule has 8 heteroatoms. The summed E-state index contributed by atoms with van der Waals surface area (Å²) in [6, 6.07) is 16.0. The molecule has 0 saturated carbocycles. The molecule has 148 valence electrons. The van der Waals surface area contributed by atoms with Gasteiger partial charge in [-0.15, -0.1) is 0 Å². The Kier molecular flexibility index (Phi) is 7.09. The van der Waals surface area contributed by atoms with E-state index in [-0.39, 0.29) is 22.8 Å². The zero-order chi connectivity index (χ0) is 20.8. The minimum absolute atomic E-state index is 0.0800. The zero-order valence-corrected chi connectivity index (χ0v) is 17.1. The molecule has 0 saturated heterocycles. The molecular weight excluding hydrogens is 438 g/mol. The third-order valence-corrected chi connectivity index (χ3v) is 4.81. The Hall–Kier alpha value is -2.60. The standard InChI is InChI=1S/C21H14Cl3FN2O2/c22-14-9-8-13(18(24)10-14)12-29-20-7-2-1-4-15(20)21(28)27-26-11-16-17(23)5-3-6-19(16)25/h1-11H,12H2,(H,27,28)/b26-11-. The van der Waals surface area contributed by atoms with Crippen molar-refractivity contribution in [3.63, 3.8) is 0 Å². The number of nitrogens with zero attached hydrogens (tertiary/aromatic N) is 1. The van der Waals surface area contributed by atoms with Gasteiger partial charge in [0.25, 0.3) is 5.91 Å². The second-order valence-electron chi connectivity index (χ2n) is 5.86. The lowest BCUT2D eigenvalue weighted by atomic mass is 10.2. The average molecular weight is 452 g/mol. The van der Waals surface area contributed by atoms with Crippen LogP contribution in [0.2, 0.25) is 15.1 Å². The minimum Gasteiger partial charge on any atom is -0.488 e. The highest BCUT2D eigenvalue weighted by Gasteiger charge is 2.13. The van der Waals surface area contributed by atoms with Crippen molar-refractivity contribution in [3.8, 4) is 5.75 Å². The number of para-hydroxylation sites is 1. The number of hydrazone groups is 1. The Labute approximate surface area is 181 Å². The highest BCUT2D eigenvalue weighted by Crippen LogP contribution is 2.24. The molecule has 3 rings (SSSR count). The van der Waals surface area contributed by atoms with Crippen molar-refractivity contribution in [1.82, 2.24) is 5.43 Å². The number of rotatable bonds is 6. The van der Waals surface area contributed by atoms with Crippen molar-refractivity contribution in [2.75, 3.05) is 0 Å². The molecule has 0 bridgehead atoms. The predicted octanol–water partition coefficient (Wildman–Crippen LogP) is 6.13. The molecule has 0 aliphatic carbocycles. The van der Waals surface area contributed by atoms with Crippen LogP contribution in [-0.4, -0.2) is 12.1 Å². The van der Waals surface area contributed by atoms with Gasteiger partial charge in [0.1, 0.15) is 18.2 Å². The van der Waals surface area contributed by atoms with Gasteiger partial charge in [-0.1, -0.05) is 59.1 Å². The fourth-order valence-electron chi connectivity index (χ4n) is 2.42. The van der Waals surface area contributed by atoms with Gasteiger partial charge in [0.05, 0.1) is 16.8 Å². The van der Waals surface area contributed by atoms with Gasteiger partial charge in [-0.25, -0.2) is 9.82 Å². The smallest absolute Gasteiger partial charge is 0.275 e. The van der Waals surface area contributed by atoms with Crippen LogP contribution in [0.5, 0.6) is 5.75 Å². The van der Waals surface area contributed by atoms with E-state index < -0.39 is 11.7 Å². The van der Waals surface area contributed by atoms with Crippen LogP contribution in [0.3, 0.4) is 0 Å². The summed E-state index contributed by atoms with van der Waals surface area (Å²) in [6.45, 7) is 0.147. The van der Waals surface area contributed by atoms with Crippen molar-refractivity contribution < 1.29 is 13.9 Å². The fraction of sp³-hybridized carbons (Fsp3) is 0.0476. The first kappa shape index (κ1) is 21.1. The summed E-state index contributed by atoms with van der Waals surface area (Å²) in [5.74, 6) is -0.722. The van der Waals surface area contributed by atoms with Crippen LogP contribution in [0.15, 0.2) is 65.8 Å². The normalized spacial score (nSPS) is 10.9. The van der Waals surface area contributed by atoms with Crippen molar-refractivity contribution in [3.05, 3.63) is 98.2 Å².